The Balaban J connectivity index is 2.81. The molecule has 0 radical (unpaired) electrons. The van der Waals surface area contributed by atoms with Crippen molar-refractivity contribution >= 4 is 10.2 Å². The van der Waals surface area contributed by atoms with Crippen LogP contribution in [0.3, 0.4) is 0 Å². The molecule has 0 aromatic carbocycles. The monoisotopic (exact) mass is 308 g/mol. The van der Waals surface area contributed by atoms with Gasteiger partial charge in [0.25, 0.3) is 10.2 Å². The van der Waals surface area contributed by atoms with Crippen LogP contribution in [0.25, 0.3) is 0 Å². The maximum Gasteiger partial charge on any atom is 0.279 e. The lowest BCUT2D eigenvalue weighted by Gasteiger charge is -2.37. The van der Waals surface area contributed by atoms with Gasteiger partial charge in [0.1, 0.15) is 0 Å². The van der Waals surface area contributed by atoms with Crippen LogP contribution in [0, 0.1) is 5.41 Å². The predicted molar refractivity (Wildman–Crippen MR) is 78.6 cm³/mol. The summed E-state index contributed by atoms with van der Waals surface area (Å²) >= 11 is 0. The van der Waals surface area contributed by atoms with E-state index in [1.54, 1.807) is 0 Å². The highest BCUT2D eigenvalue weighted by molar-refractivity contribution is 7.87. The Bertz CT molecular complexity index is 395. The van der Waals surface area contributed by atoms with E-state index in [2.05, 4.69) is 4.72 Å². The third kappa shape index (κ3) is 4.96. The van der Waals surface area contributed by atoms with Crippen molar-refractivity contribution in [1.82, 2.24) is 9.03 Å². The number of rotatable bonds is 5. The highest BCUT2D eigenvalue weighted by Gasteiger charge is 2.35. The van der Waals surface area contributed by atoms with Crippen molar-refractivity contribution < 1.29 is 18.3 Å². The molecule has 20 heavy (non-hydrogen) atoms. The van der Waals surface area contributed by atoms with Crippen LogP contribution in [0.1, 0.15) is 41.0 Å². The second-order valence-electron chi connectivity index (χ2n) is 6.63. The largest absolute Gasteiger partial charge is 0.396 e. The molecule has 0 aromatic heterocycles. The quantitative estimate of drug-likeness (QED) is 0.785. The lowest BCUT2D eigenvalue weighted by atomic mass is 9.86. The zero-order chi connectivity index (χ0) is 15.6. The third-order valence-electron chi connectivity index (χ3n) is 3.48. The molecule has 1 aliphatic rings. The van der Waals surface area contributed by atoms with Crippen molar-refractivity contribution in [3.8, 4) is 0 Å². The summed E-state index contributed by atoms with van der Waals surface area (Å²) in [4.78, 5) is 0. The first-order valence-corrected chi connectivity index (χ1v) is 8.54. The van der Waals surface area contributed by atoms with Crippen LogP contribution in [0.4, 0.5) is 0 Å². The number of morpholine rings is 1. The Hall–Kier alpha value is -0.210. The molecule has 2 N–H and O–H groups in total. The molecule has 1 aliphatic heterocycles. The van der Waals surface area contributed by atoms with Crippen LogP contribution in [-0.4, -0.2) is 55.8 Å². The van der Waals surface area contributed by atoms with E-state index in [1.807, 2.05) is 34.6 Å². The number of nitrogens with one attached hydrogen (secondary N) is 1. The zero-order valence-corrected chi connectivity index (χ0v) is 13.9. The van der Waals surface area contributed by atoms with Gasteiger partial charge in [0.15, 0.2) is 0 Å². The lowest BCUT2D eigenvalue weighted by Crippen LogP contribution is -2.55. The number of hydrogen-bond acceptors (Lipinski definition) is 4. The average molecular weight is 308 g/mol. The zero-order valence-electron chi connectivity index (χ0n) is 13.1. The molecule has 0 spiro atoms. The molecule has 120 valence electrons. The van der Waals surface area contributed by atoms with Crippen LogP contribution in [0.2, 0.25) is 0 Å². The van der Waals surface area contributed by atoms with Gasteiger partial charge < -0.3 is 9.84 Å². The number of hydrogen-bond donors (Lipinski definition) is 2. The Labute approximate surface area is 122 Å². The Kier molecular flexibility index (Phi) is 5.98. The summed E-state index contributed by atoms with van der Waals surface area (Å²) in [5.74, 6) is 0. The van der Waals surface area contributed by atoms with E-state index in [0.717, 1.165) is 0 Å². The van der Waals surface area contributed by atoms with Crippen molar-refractivity contribution in [3.63, 3.8) is 0 Å². The van der Waals surface area contributed by atoms with Gasteiger partial charge >= 0.3 is 0 Å². The van der Waals surface area contributed by atoms with Crippen LogP contribution >= 0.6 is 0 Å². The summed E-state index contributed by atoms with van der Waals surface area (Å²) in [6.45, 7) is 10.3. The highest BCUT2D eigenvalue weighted by atomic mass is 32.2. The van der Waals surface area contributed by atoms with Crippen molar-refractivity contribution in [3.05, 3.63) is 0 Å². The summed E-state index contributed by atoms with van der Waals surface area (Å²) in [6.07, 6.45) is 0.181. The van der Waals surface area contributed by atoms with Crippen molar-refractivity contribution in [1.29, 1.82) is 0 Å². The first-order valence-electron chi connectivity index (χ1n) is 7.10. The third-order valence-corrected chi connectivity index (χ3v) is 5.04. The van der Waals surface area contributed by atoms with Gasteiger partial charge in [-0.05, 0) is 25.7 Å². The van der Waals surface area contributed by atoms with Gasteiger partial charge in [-0.3, -0.25) is 0 Å². The molecule has 0 aliphatic carbocycles. The molecule has 1 saturated heterocycles. The van der Waals surface area contributed by atoms with Crippen LogP contribution < -0.4 is 4.72 Å². The average Bonchev–Trinajstić information content (AvgIpc) is 2.25. The van der Waals surface area contributed by atoms with Crippen LogP contribution in [0.5, 0.6) is 0 Å². The van der Waals surface area contributed by atoms with Gasteiger partial charge in [-0.15, -0.1) is 0 Å². The molecule has 1 heterocycles. The van der Waals surface area contributed by atoms with E-state index < -0.39 is 10.2 Å². The Morgan fingerprint density at radius 3 is 2.20 bits per heavy atom. The Morgan fingerprint density at radius 1 is 1.30 bits per heavy atom. The number of nitrogens with zero attached hydrogens (tertiary/aromatic N) is 1. The first kappa shape index (κ1) is 17.8. The summed E-state index contributed by atoms with van der Waals surface area (Å²) in [6, 6.07) is -0.300. The molecule has 7 heteroatoms. The number of aliphatic hydroxyl groups excluding tert-OH is 1. The van der Waals surface area contributed by atoms with E-state index in [-0.39, 0.29) is 30.3 Å². The van der Waals surface area contributed by atoms with Gasteiger partial charge in [0, 0.05) is 25.7 Å². The van der Waals surface area contributed by atoms with Gasteiger partial charge in [0.2, 0.25) is 0 Å². The Morgan fingerprint density at radius 2 is 1.80 bits per heavy atom. The summed E-state index contributed by atoms with van der Waals surface area (Å²) in [5.41, 5.74) is -0.251. The normalized spacial score (nSPS) is 27.5. The molecular weight excluding hydrogens is 280 g/mol. The molecule has 0 aromatic rings. The van der Waals surface area contributed by atoms with E-state index in [1.165, 1.54) is 4.31 Å². The molecular formula is C13H28N2O4S. The fraction of sp³-hybridized carbons (Fsp3) is 1.00. The van der Waals surface area contributed by atoms with Gasteiger partial charge in [-0.25, -0.2) is 0 Å². The smallest absolute Gasteiger partial charge is 0.279 e. The SMILES string of the molecule is CC1CN(S(=O)(=O)NC(CCO)C(C)(C)C)CC(C)O1. The van der Waals surface area contributed by atoms with E-state index in [9.17, 15) is 8.42 Å². The minimum absolute atomic E-state index is 0.0413. The summed E-state index contributed by atoms with van der Waals surface area (Å²) < 4.78 is 34.7. The molecule has 0 saturated carbocycles. The first-order chi connectivity index (χ1) is 9.06. The molecule has 0 amide bonds. The van der Waals surface area contributed by atoms with E-state index in [4.69, 9.17) is 9.84 Å². The van der Waals surface area contributed by atoms with Crippen molar-refractivity contribution in [2.24, 2.45) is 5.41 Å². The minimum atomic E-state index is -3.56. The van der Waals surface area contributed by atoms with Crippen LogP contribution in [-0.2, 0) is 14.9 Å². The molecule has 6 nitrogen and oxygen atoms in total. The summed E-state index contributed by atoms with van der Waals surface area (Å²) in [5, 5.41) is 9.12. The molecule has 0 bridgehead atoms. The second kappa shape index (κ2) is 6.70. The standard InChI is InChI=1S/C13H28N2O4S/c1-10-8-15(9-11(2)19-10)20(17,18)14-12(6-7-16)13(3,4)5/h10-12,14,16H,6-9H2,1-5H3. The van der Waals surface area contributed by atoms with Crippen molar-refractivity contribution in [2.75, 3.05) is 19.7 Å². The predicted octanol–water partition coefficient (Wildman–Crippen LogP) is 0.727. The minimum Gasteiger partial charge on any atom is -0.396 e. The molecule has 1 fully saturated rings. The highest BCUT2D eigenvalue weighted by Crippen LogP contribution is 2.23. The molecule has 3 atom stereocenters. The van der Waals surface area contributed by atoms with Gasteiger partial charge in [0.05, 0.1) is 12.2 Å². The lowest BCUT2D eigenvalue weighted by molar-refractivity contribution is -0.0445. The van der Waals surface area contributed by atoms with Crippen LogP contribution in [0.15, 0.2) is 0 Å². The van der Waals surface area contributed by atoms with E-state index in [0.29, 0.717) is 19.5 Å². The maximum atomic E-state index is 12.5. The topological polar surface area (TPSA) is 78.9 Å². The second-order valence-corrected chi connectivity index (χ2v) is 8.33. The maximum absolute atomic E-state index is 12.5. The molecule has 3 unspecified atom stereocenters. The van der Waals surface area contributed by atoms with Crippen molar-refractivity contribution in [2.45, 2.75) is 59.3 Å². The van der Waals surface area contributed by atoms with Gasteiger partial charge in [-0.1, -0.05) is 20.8 Å². The molecule has 1 rings (SSSR count). The fourth-order valence-corrected chi connectivity index (χ4v) is 4.17. The van der Waals surface area contributed by atoms with Gasteiger partial charge in [-0.2, -0.15) is 17.4 Å². The van der Waals surface area contributed by atoms with E-state index >= 15 is 0 Å². The number of aliphatic hydroxyl groups is 1. The number of ether oxygens (including phenoxy) is 1. The fourth-order valence-electron chi connectivity index (χ4n) is 2.38. The summed E-state index contributed by atoms with van der Waals surface area (Å²) in [7, 11) is -3.56.